The topological polar surface area (TPSA) is 135 Å². The molecule has 5 rings (SSSR count). The number of aliphatic carboxylic acids is 1. The number of methoxy groups -OCH3 is 1. The minimum absolute atomic E-state index is 0.135. The zero-order valence-corrected chi connectivity index (χ0v) is 24.4. The molecule has 1 fully saturated rings. The zero-order chi connectivity index (χ0) is 30.3. The number of nitrogens with zero attached hydrogens (tertiary/aromatic N) is 4. The van der Waals surface area contributed by atoms with Crippen molar-refractivity contribution in [2.24, 2.45) is 0 Å². The Bertz CT molecular complexity index is 1780. The second kappa shape index (κ2) is 11.3. The molecule has 0 unspecified atom stereocenters. The third-order valence-electron chi connectivity index (χ3n) is 7.72. The number of aryl methyl sites for hydroxylation is 1. The number of hydrogen-bond donors (Lipinski definition) is 1. The number of hydrogen-bond acceptors (Lipinski definition) is 8. The number of benzene rings is 1. The Hall–Kier alpha value is -4.10. The predicted molar refractivity (Wildman–Crippen MR) is 153 cm³/mol. The van der Waals surface area contributed by atoms with E-state index < -0.39 is 34.7 Å². The van der Waals surface area contributed by atoms with E-state index in [2.05, 4.69) is 5.10 Å². The molecule has 222 valence electrons. The number of halogens is 1. The number of ketones is 1. The number of carboxylic acids is 1. The molecule has 0 saturated heterocycles. The van der Waals surface area contributed by atoms with Crippen LogP contribution in [0.3, 0.4) is 0 Å². The van der Waals surface area contributed by atoms with E-state index in [0.717, 1.165) is 15.9 Å². The van der Waals surface area contributed by atoms with Crippen molar-refractivity contribution in [3.63, 3.8) is 0 Å². The highest BCUT2D eigenvalue weighted by Gasteiger charge is 2.36. The van der Waals surface area contributed by atoms with Gasteiger partial charge in [-0.2, -0.15) is 5.10 Å². The average molecular weight is 599 g/mol. The van der Waals surface area contributed by atoms with Crippen LogP contribution < -0.4 is 16.0 Å². The van der Waals surface area contributed by atoms with Gasteiger partial charge in [0.1, 0.15) is 38.8 Å². The van der Waals surface area contributed by atoms with Crippen LogP contribution >= 0.6 is 11.3 Å². The Morgan fingerprint density at radius 3 is 2.57 bits per heavy atom. The molecule has 1 N–H and O–H groups in total. The molecule has 0 radical (unpaired) electrons. The minimum Gasteiger partial charge on any atom is -0.496 e. The van der Waals surface area contributed by atoms with Gasteiger partial charge in [-0.3, -0.25) is 14.2 Å². The molecule has 1 saturated carbocycles. The van der Waals surface area contributed by atoms with Crippen LogP contribution in [0.15, 0.2) is 46.2 Å². The Balaban J connectivity index is 1.76. The van der Waals surface area contributed by atoms with Crippen LogP contribution in [-0.2, 0) is 26.4 Å². The first-order valence-electron chi connectivity index (χ1n) is 13.5. The van der Waals surface area contributed by atoms with E-state index in [1.807, 2.05) is 0 Å². The van der Waals surface area contributed by atoms with Gasteiger partial charge in [-0.1, -0.05) is 11.3 Å². The standard InChI is InChI=1S/C29H31FN4O7S/c1-16-23-24(36)34(29(2,3)27(37)38)28(39)32(26(23)42-25(16)33-13-5-12-31-33)15-22(41-19-9-7-18(35)8-10-19)20-14-17(30)6-11-21(20)40-4/h5-6,11-14,19,22H,7-10,15H2,1-4H3,(H,37,38)/t22-/m0/s1. The molecule has 3 heterocycles. The van der Waals surface area contributed by atoms with Gasteiger partial charge in [-0.05, 0) is 57.9 Å². The maximum Gasteiger partial charge on any atom is 0.333 e. The van der Waals surface area contributed by atoms with E-state index in [9.17, 15) is 28.7 Å². The zero-order valence-electron chi connectivity index (χ0n) is 23.6. The second-order valence-electron chi connectivity index (χ2n) is 10.8. The molecule has 3 aromatic heterocycles. The molecule has 0 bridgehead atoms. The van der Waals surface area contributed by atoms with Gasteiger partial charge in [0.15, 0.2) is 0 Å². The first kappa shape index (κ1) is 29.4. The van der Waals surface area contributed by atoms with Crippen molar-refractivity contribution >= 4 is 33.3 Å². The van der Waals surface area contributed by atoms with Crippen LogP contribution in [0.2, 0.25) is 0 Å². The van der Waals surface area contributed by atoms with Crippen molar-refractivity contribution in [1.29, 1.82) is 0 Å². The number of carboxylic acid groups (broad SMARTS) is 1. The molecule has 1 aliphatic rings. The van der Waals surface area contributed by atoms with Crippen LogP contribution in [0.5, 0.6) is 5.75 Å². The number of fused-ring (bicyclic) bond motifs is 1. The predicted octanol–water partition coefficient (Wildman–Crippen LogP) is 3.96. The van der Waals surface area contributed by atoms with Crippen LogP contribution in [-0.4, -0.2) is 49.0 Å². The SMILES string of the molecule is COc1ccc(F)cc1[C@H](Cn1c(=O)n(C(C)(C)C(=O)O)c(=O)c2c(C)c(-n3cccn3)sc21)OC1CCC(=O)CC1. The molecule has 0 amide bonds. The monoisotopic (exact) mass is 598 g/mol. The van der Waals surface area contributed by atoms with Gasteiger partial charge >= 0.3 is 11.7 Å². The Labute approximate surface area is 243 Å². The molecule has 4 aromatic rings. The lowest BCUT2D eigenvalue weighted by molar-refractivity contribution is -0.146. The van der Waals surface area contributed by atoms with Crippen molar-refractivity contribution in [3.8, 4) is 10.8 Å². The summed E-state index contributed by atoms with van der Waals surface area (Å²) in [5.41, 5.74) is -2.61. The van der Waals surface area contributed by atoms with Crippen LogP contribution in [0.4, 0.5) is 4.39 Å². The maximum atomic E-state index is 14.6. The van der Waals surface area contributed by atoms with E-state index >= 15 is 0 Å². The quantitative estimate of drug-likeness (QED) is 0.306. The van der Waals surface area contributed by atoms with Crippen LogP contribution in [0.25, 0.3) is 15.2 Å². The van der Waals surface area contributed by atoms with Gasteiger partial charge in [0.05, 0.1) is 25.1 Å². The third kappa shape index (κ3) is 5.18. The van der Waals surface area contributed by atoms with Gasteiger partial charge < -0.3 is 14.6 Å². The summed E-state index contributed by atoms with van der Waals surface area (Å²) >= 11 is 1.16. The molecule has 0 spiro atoms. The van der Waals surface area contributed by atoms with Crippen molar-refractivity contribution < 1.29 is 28.6 Å². The molecule has 1 aromatic carbocycles. The van der Waals surface area contributed by atoms with Crippen molar-refractivity contribution in [2.75, 3.05) is 7.11 Å². The molecule has 11 nitrogen and oxygen atoms in total. The van der Waals surface area contributed by atoms with E-state index in [-0.39, 0.29) is 23.8 Å². The fourth-order valence-electron chi connectivity index (χ4n) is 5.31. The minimum atomic E-state index is -1.89. The molecule has 1 atom stereocenters. The third-order valence-corrected chi connectivity index (χ3v) is 9.02. The smallest absolute Gasteiger partial charge is 0.333 e. The lowest BCUT2D eigenvalue weighted by Crippen LogP contribution is -2.52. The first-order valence-corrected chi connectivity index (χ1v) is 14.3. The molecule has 42 heavy (non-hydrogen) atoms. The summed E-state index contributed by atoms with van der Waals surface area (Å²) in [6, 6.07) is 5.70. The Morgan fingerprint density at radius 1 is 1.24 bits per heavy atom. The van der Waals surface area contributed by atoms with Crippen LogP contribution in [0, 0.1) is 12.7 Å². The fourth-order valence-corrected chi connectivity index (χ4v) is 6.56. The van der Waals surface area contributed by atoms with E-state index in [4.69, 9.17) is 9.47 Å². The summed E-state index contributed by atoms with van der Waals surface area (Å²) < 4.78 is 30.2. The lowest BCUT2D eigenvalue weighted by atomic mass is 9.96. The van der Waals surface area contributed by atoms with Crippen molar-refractivity contribution in [1.82, 2.24) is 18.9 Å². The summed E-state index contributed by atoms with van der Waals surface area (Å²) in [5, 5.41) is 15.0. The Morgan fingerprint density at radius 2 is 1.95 bits per heavy atom. The maximum absolute atomic E-state index is 14.6. The number of carbonyl (C=O) groups excluding carboxylic acids is 1. The van der Waals surface area contributed by atoms with Crippen molar-refractivity contribution in [2.45, 2.75) is 70.7 Å². The number of rotatable bonds is 9. The molecule has 1 aliphatic carbocycles. The highest BCUT2D eigenvalue weighted by Crippen LogP contribution is 2.36. The van der Waals surface area contributed by atoms with Gasteiger partial charge in [0.25, 0.3) is 5.56 Å². The lowest BCUT2D eigenvalue weighted by Gasteiger charge is -2.30. The summed E-state index contributed by atoms with van der Waals surface area (Å²) in [7, 11) is 1.44. The molecule has 13 heteroatoms. The summed E-state index contributed by atoms with van der Waals surface area (Å²) in [4.78, 5) is 52.4. The number of Topliss-reactive ketones (excluding diaryl/α,β-unsaturated/α-hetero) is 1. The van der Waals surface area contributed by atoms with Crippen molar-refractivity contribution in [3.05, 3.63) is 74.4 Å². The second-order valence-corrected chi connectivity index (χ2v) is 11.8. The highest BCUT2D eigenvalue weighted by molar-refractivity contribution is 7.21. The van der Waals surface area contributed by atoms with E-state index in [0.29, 0.717) is 52.4 Å². The summed E-state index contributed by atoms with van der Waals surface area (Å²) in [6.07, 6.45) is 3.61. The number of aromatic nitrogens is 4. The van der Waals surface area contributed by atoms with E-state index in [1.165, 1.54) is 43.7 Å². The van der Waals surface area contributed by atoms with Gasteiger partial charge in [0, 0.05) is 36.4 Å². The molecular formula is C29H31FN4O7S. The normalized spacial score (nSPS) is 15.3. The van der Waals surface area contributed by atoms with E-state index in [1.54, 1.807) is 30.1 Å². The summed E-state index contributed by atoms with van der Waals surface area (Å²) in [6.45, 7) is 4.10. The average Bonchev–Trinajstić information content (AvgIpc) is 3.59. The number of ether oxygens (including phenoxy) is 2. The van der Waals surface area contributed by atoms with Crippen LogP contribution in [0.1, 0.15) is 56.8 Å². The number of thiophene rings is 1. The number of carbonyl (C=O) groups is 2. The van der Waals surface area contributed by atoms with Gasteiger partial charge in [-0.25, -0.2) is 23.2 Å². The Kier molecular flexibility index (Phi) is 7.90. The summed E-state index contributed by atoms with van der Waals surface area (Å²) in [5.74, 6) is -1.44. The largest absolute Gasteiger partial charge is 0.496 e. The van der Waals surface area contributed by atoms with Gasteiger partial charge in [0.2, 0.25) is 0 Å². The molecule has 0 aliphatic heterocycles. The highest BCUT2D eigenvalue weighted by atomic mass is 32.1. The molecular weight excluding hydrogens is 567 g/mol. The fraction of sp³-hybridized carbons (Fsp3) is 0.414. The first-order chi connectivity index (χ1) is 19.9. The van der Waals surface area contributed by atoms with Gasteiger partial charge in [-0.15, -0.1) is 0 Å².